The van der Waals surface area contributed by atoms with Crippen LogP contribution in [0.1, 0.15) is 25.7 Å². The summed E-state index contributed by atoms with van der Waals surface area (Å²) in [4.78, 5) is 4.98. The Bertz CT molecular complexity index is 106. The van der Waals surface area contributed by atoms with Crippen molar-refractivity contribution in [3.8, 4) is 0 Å². The number of piperazine rings is 1. The van der Waals surface area contributed by atoms with E-state index >= 15 is 0 Å². The van der Waals surface area contributed by atoms with Gasteiger partial charge < -0.3 is 9.80 Å². The van der Waals surface area contributed by atoms with Crippen molar-refractivity contribution >= 4 is 0 Å². The second kappa shape index (κ2) is 4.73. The summed E-state index contributed by atoms with van der Waals surface area (Å²) in [5.41, 5.74) is 0. The maximum Gasteiger partial charge on any atom is 0.0110 e. The Morgan fingerprint density at radius 1 is 1.27 bits per heavy atom. The third-order valence-corrected chi connectivity index (χ3v) is 2.42. The first-order valence-corrected chi connectivity index (χ1v) is 4.74. The van der Waals surface area contributed by atoms with Crippen LogP contribution in [-0.4, -0.2) is 49.6 Å². The van der Waals surface area contributed by atoms with E-state index in [2.05, 4.69) is 23.8 Å². The summed E-state index contributed by atoms with van der Waals surface area (Å²) in [6.07, 6.45) is 2.69. The van der Waals surface area contributed by atoms with Crippen molar-refractivity contribution in [1.82, 2.24) is 9.80 Å². The van der Waals surface area contributed by atoms with E-state index in [9.17, 15) is 0 Å². The van der Waals surface area contributed by atoms with Gasteiger partial charge in [-0.25, -0.2) is 0 Å². The topological polar surface area (TPSA) is 6.48 Å². The molecule has 1 saturated heterocycles. The third kappa shape index (κ3) is 3.21. The molecule has 11 heavy (non-hydrogen) atoms. The lowest BCUT2D eigenvalue weighted by molar-refractivity contribution is 0.152. The minimum atomic E-state index is 1.25. The fourth-order valence-corrected chi connectivity index (χ4v) is 1.45. The van der Waals surface area contributed by atoms with E-state index in [-0.39, 0.29) is 0 Å². The smallest absolute Gasteiger partial charge is 0.0110 e. The summed E-state index contributed by atoms with van der Waals surface area (Å²) in [5.74, 6) is 0. The summed E-state index contributed by atoms with van der Waals surface area (Å²) in [6.45, 7) is 8.63. The highest BCUT2D eigenvalue weighted by atomic mass is 15.2. The first-order chi connectivity index (χ1) is 7.33. The number of rotatable bonds is 3. The molecule has 0 aromatic rings. The van der Waals surface area contributed by atoms with E-state index in [0.29, 0.717) is 0 Å². The molecule has 0 unspecified atom stereocenters. The van der Waals surface area contributed by atoms with Gasteiger partial charge >= 0.3 is 0 Å². The average Bonchev–Trinajstić information content (AvgIpc) is 2.34. The first-order valence-electron chi connectivity index (χ1n) is 6.74. The molecule has 2 heteroatoms. The Morgan fingerprint density at radius 3 is 2.45 bits per heavy atom. The summed E-state index contributed by atoms with van der Waals surface area (Å²) >= 11 is 0. The number of unbranched alkanes of at least 4 members (excludes halogenated alkanes) is 1. The molecule has 0 N–H and O–H groups in total. The molecule has 0 amide bonds. The quantitative estimate of drug-likeness (QED) is 0.624. The molecular weight excluding hydrogens is 136 g/mol. The van der Waals surface area contributed by atoms with Gasteiger partial charge in [-0.1, -0.05) is 13.3 Å². The molecule has 0 radical (unpaired) electrons. The molecule has 0 aliphatic carbocycles. The van der Waals surface area contributed by atoms with Gasteiger partial charge in [0.25, 0.3) is 0 Å². The summed E-state index contributed by atoms with van der Waals surface area (Å²) < 4.78 is 20.0. The van der Waals surface area contributed by atoms with Gasteiger partial charge in [-0.05, 0) is 20.0 Å². The van der Waals surface area contributed by atoms with Gasteiger partial charge in [0.05, 0.1) is 0 Å². The van der Waals surface area contributed by atoms with Gasteiger partial charge in [0.2, 0.25) is 0 Å². The third-order valence-electron chi connectivity index (χ3n) is 2.42. The summed E-state index contributed by atoms with van der Waals surface area (Å²) in [5, 5.41) is 0. The van der Waals surface area contributed by atoms with E-state index < -0.39 is 0 Å². The lowest BCUT2D eigenvalue weighted by Crippen LogP contribution is -2.44. The van der Waals surface area contributed by atoms with Gasteiger partial charge in [-0.3, -0.25) is 0 Å². The van der Waals surface area contributed by atoms with Crippen molar-refractivity contribution in [3.63, 3.8) is 0 Å². The normalized spacial score (nSPS) is 23.8. The molecule has 1 rings (SSSR count). The van der Waals surface area contributed by atoms with Crippen LogP contribution in [0.4, 0.5) is 0 Å². The molecule has 1 aliphatic heterocycles. The van der Waals surface area contributed by atoms with Crippen LogP contribution < -0.4 is 0 Å². The standard InChI is InChI=1S/C9H20N2.2H2/c1-3-4-5-11-8-6-10(2)7-9-11;;/h3-9H2,1-2H3;2*1H/i;2*1+1D. The fourth-order valence-electron chi connectivity index (χ4n) is 1.45. The lowest BCUT2D eigenvalue weighted by Gasteiger charge is -2.32. The predicted molar refractivity (Wildman–Crippen MR) is 53.1 cm³/mol. The molecule has 0 aromatic heterocycles. The first kappa shape index (κ1) is 6.44. The highest BCUT2D eigenvalue weighted by Crippen LogP contribution is 2.00. The molecule has 0 atom stereocenters. The van der Waals surface area contributed by atoms with Crippen LogP contribution in [0.2, 0.25) is 0 Å². The fraction of sp³-hybridized carbons (Fsp3) is 1.00. The highest BCUT2D eigenvalue weighted by molar-refractivity contribution is 4.68. The minimum Gasteiger partial charge on any atom is -0.304 e. The molecule has 1 heterocycles. The molecule has 0 saturated carbocycles. The van der Waals surface area contributed by atoms with Gasteiger partial charge in [0, 0.05) is 32.1 Å². The maximum absolute atomic E-state index is 5.00. The Morgan fingerprint density at radius 2 is 1.91 bits per heavy atom. The molecular formula is C9H24N2. The highest BCUT2D eigenvalue weighted by Gasteiger charge is 2.11. The summed E-state index contributed by atoms with van der Waals surface area (Å²) in [7, 11) is 2.21. The number of hydrogen-bond acceptors (Lipinski definition) is 2. The number of hydrogen-bond donors (Lipinski definition) is 0. The molecule has 0 bridgehead atoms. The monoisotopic (exact) mass is 164 g/mol. The Labute approximate surface area is 76.3 Å². The van der Waals surface area contributed by atoms with E-state index in [4.69, 9.17) is 5.94 Å². The molecule has 1 fully saturated rings. The van der Waals surface area contributed by atoms with Gasteiger partial charge in [-0.2, -0.15) is 0 Å². The second-order valence-electron chi connectivity index (χ2n) is 3.50. The molecule has 70 valence electrons. The predicted octanol–water partition coefficient (Wildman–Crippen LogP) is 1.53. The maximum atomic E-state index is 5.00. The second-order valence-corrected chi connectivity index (χ2v) is 3.50. The van der Waals surface area contributed by atoms with E-state index in [1.165, 1.54) is 45.6 Å². The molecule has 2 nitrogen and oxygen atoms in total. The van der Waals surface area contributed by atoms with Crippen LogP contribution in [0.15, 0.2) is 0 Å². The average molecular weight is 164 g/mol. The zero-order valence-corrected chi connectivity index (χ0v) is 7.84. The number of nitrogens with zero attached hydrogens (tertiary/aromatic N) is 2. The van der Waals surface area contributed by atoms with Crippen molar-refractivity contribution in [2.24, 2.45) is 0 Å². The SMILES string of the molecule is CCCCN1CCN(C)CC1.[2H][2H].[2H][2H]. The van der Waals surface area contributed by atoms with Gasteiger partial charge in [0.1, 0.15) is 0 Å². The van der Waals surface area contributed by atoms with E-state index in [1.54, 1.807) is 0 Å². The molecule has 0 spiro atoms. The van der Waals surface area contributed by atoms with Crippen molar-refractivity contribution in [2.75, 3.05) is 39.8 Å². The van der Waals surface area contributed by atoms with Crippen LogP contribution in [-0.2, 0) is 0 Å². The largest absolute Gasteiger partial charge is 0.304 e. The van der Waals surface area contributed by atoms with Crippen molar-refractivity contribution in [1.29, 1.82) is 0 Å². The Kier molecular flexibility index (Phi) is 2.77. The van der Waals surface area contributed by atoms with E-state index in [0.717, 1.165) is 0 Å². The van der Waals surface area contributed by atoms with Gasteiger partial charge in [-0.15, -0.1) is 0 Å². The van der Waals surface area contributed by atoms with E-state index in [1.807, 2.05) is 0 Å². The van der Waals surface area contributed by atoms with Crippen LogP contribution in [0.25, 0.3) is 0 Å². The van der Waals surface area contributed by atoms with Crippen LogP contribution in [0.3, 0.4) is 0 Å². The van der Waals surface area contributed by atoms with Crippen LogP contribution in [0.5, 0.6) is 0 Å². The lowest BCUT2D eigenvalue weighted by atomic mass is 10.3. The molecule has 0 aromatic carbocycles. The van der Waals surface area contributed by atoms with Crippen LogP contribution >= 0.6 is 0 Å². The van der Waals surface area contributed by atoms with Crippen molar-refractivity contribution in [2.45, 2.75) is 19.8 Å². The van der Waals surface area contributed by atoms with Crippen molar-refractivity contribution in [3.05, 3.63) is 0 Å². The van der Waals surface area contributed by atoms with Crippen molar-refractivity contribution < 1.29 is 5.94 Å². The van der Waals surface area contributed by atoms with Gasteiger partial charge in [0.15, 0.2) is 0 Å². The minimum absolute atomic E-state index is 1.25. The Hall–Kier alpha value is -0.0800. The zero-order chi connectivity index (χ0) is 12.1. The number of likely N-dealkylation sites (N-methyl/N-ethyl adjacent to an activating group) is 1. The zero-order valence-electron chi connectivity index (χ0n) is 11.8. The summed E-state index contributed by atoms with van der Waals surface area (Å²) in [6, 6.07) is 0. The Balaban J connectivity index is 0. The van der Waals surface area contributed by atoms with Crippen LogP contribution in [0, 0.1) is 0 Å². The molecule has 1 aliphatic rings.